The van der Waals surface area contributed by atoms with Gasteiger partial charge in [0.1, 0.15) is 5.75 Å². The molecule has 2 rings (SSSR count). The molecular weight excluding hydrogens is 252 g/mol. The fourth-order valence-electron chi connectivity index (χ4n) is 2.62. The van der Waals surface area contributed by atoms with E-state index < -0.39 is 0 Å². The molecule has 0 spiro atoms. The summed E-state index contributed by atoms with van der Waals surface area (Å²) in [6, 6.07) is 8.24. The molecule has 1 aliphatic heterocycles. The van der Waals surface area contributed by atoms with Crippen LogP contribution in [-0.2, 0) is 11.3 Å². The third-order valence-electron chi connectivity index (χ3n) is 3.67. The maximum absolute atomic E-state index is 11.2. The van der Waals surface area contributed by atoms with Crippen LogP contribution in [-0.4, -0.2) is 30.0 Å². The van der Waals surface area contributed by atoms with Crippen LogP contribution in [0.5, 0.6) is 5.75 Å². The second kappa shape index (κ2) is 6.75. The largest absolute Gasteiger partial charge is 0.491 e. The van der Waals surface area contributed by atoms with Gasteiger partial charge in [0.2, 0.25) is 5.91 Å². The van der Waals surface area contributed by atoms with Crippen LogP contribution in [0.2, 0.25) is 0 Å². The molecule has 1 fully saturated rings. The molecule has 0 unspecified atom stereocenters. The van der Waals surface area contributed by atoms with Gasteiger partial charge in [-0.05, 0) is 57.5 Å². The Labute approximate surface area is 120 Å². The van der Waals surface area contributed by atoms with E-state index in [-0.39, 0.29) is 17.9 Å². The van der Waals surface area contributed by atoms with E-state index >= 15 is 0 Å². The first kappa shape index (κ1) is 14.9. The maximum atomic E-state index is 11.2. The quantitative estimate of drug-likeness (QED) is 0.896. The normalized spacial score (nSPS) is 17.4. The van der Waals surface area contributed by atoms with Crippen LogP contribution in [0.15, 0.2) is 24.3 Å². The smallest absolute Gasteiger partial charge is 0.220 e. The van der Waals surface area contributed by atoms with Crippen molar-refractivity contribution in [3.8, 4) is 5.75 Å². The topological polar surface area (TPSA) is 55.6 Å². The lowest BCUT2D eigenvalue weighted by Gasteiger charge is -2.30. The van der Waals surface area contributed by atoms with Gasteiger partial charge in [0.15, 0.2) is 0 Å². The molecule has 1 aromatic carbocycles. The SMILES string of the molecule is CC(C)Oc1cccc(CN2CCC(C(N)=O)CC2)c1. The number of carbonyl (C=O) groups excluding carboxylic acids is 1. The first-order valence-corrected chi connectivity index (χ1v) is 7.32. The lowest BCUT2D eigenvalue weighted by molar-refractivity contribution is -0.123. The highest BCUT2D eigenvalue weighted by Crippen LogP contribution is 2.21. The summed E-state index contributed by atoms with van der Waals surface area (Å²) in [4.78, 5) is 13.5. The number of piperidine rings is 1. The van der Waals surface area contributed by atoms with Crippen molar-refractivity contribution in [1.29, 1.82) is 0 Å². The third kappa shape index (κ3) is 4.23. The number of amides is 1. The summed E-state index contributed by atoms with van der Waals surface area (Å²) in [6.45, 7) is 6.83. The minimum atomic E-state index is -0.156. The summed E-state index contributed by atoms with van der Waals surface area (Å²) in [5.74, 6) is 0.823. The maximum Gasteiger partial charge on any atom is 0.220 e. The first-order chi connectivity index (χ1) is 9.54. The van der Waals surface area contributed by atoms with Gasteiger partial charge in [0.05, 0.1) is 6.10 Å². The highest BCUT2D eigenvalue weighted by atomic mass is 16.5. The number of nitrogens with zero attached hydrogens (tertiary/aromatic N) is 1. The van der Waals surface area contributed by atoms with Crippen LogP contribution < -0.4 is 10.5 Å². The zero-order chi connectivity index (χ0) is 14.5. The van der Waals surface area contributed by atoms with E-state index in [2.05, 4.69) is 17.0 Å². The van der Waals surface area contributed by atoms with Gasteiger partial charge in [-0.1, -0.05) is 12.1 Å². The molecule has 1 aromatic rings. The lowest BCUT2D eigenvalue weighted by atomic mass is 9.96. The molecule has 1 aliphatic rings. The molecule has 0 aliphatic carbocycles. The van der Waals surface area contributed by atoms with E-state index in [0.29, 0.717) is 0 Å². The standard InChI is InChI=1S/C16H24N2O2/c1-12(2)20-15-5-3-4-13(10-15)11-18-8-6-14(7-9-18)16(17)19/h3-5,10,12,14H,6-9,11H2,1-2H3,(H2,17,19). The van der Waals surface area contributed by atoms with Crippen molar-refractivity contribution < 1.29 is 9.53 Å². The Balaban J connectivity index is 1.89. The van der Waals surface area contributed by atoms with Gasteiger partial charge in [-0.25, -0.2) is 0 Å². The molecule has 4 nitrogen and oxygen atoms in total. The second-order valence-corrected chi connectivity index (χ2v) is 5.77. The van der Waals surface area contributed by atoms with Gasteiger partial charge in [-0.2, -0.15) is 0 Å². The van der Waals surface area contributed by atoms with E-state index in [0.717, 1.165) is 38.2 Å². The number of rotatable bonds is 5. The van der Waals surface area contributed by atoms with Crippen LogP contribution in [0.4, 0.5) is 0 Å². The van der Waals surface area contributed by atoms with Crippen molar-refractivity contribution in [1.82, 2.24) is 4.90 Å². The molecular formula is C16H24N2O2. The van der Waals surface area contributed by atoms with Gasteiger partial charge >= 0.3 is 0 Å². The summed E-state index contributed by atoms with van der Waals surface area (Å²) in [7, 11) is 0. The molecule has 0 aromatic heterocycles. The zero-order valence-corrected chi connectivity index (χ0v) is 12.3. The van der Waals surface area contributed by atoms with E-state index in [1.807, 2.05) is 26.0 Å². The summed E-state index contributed by atoms with van der Waals surface area (Å²) < 4.78 is 5.71. The Morgan fingerprint density at radius 3 is 2.70 bits per heavy atom. The van der Waals surface area contributed by atoms with Crippen molar-refractivity contribution in [3.63, 3.8) is 0 Å². The Morgan fingerprint density at radius 1 is 1.40 bits per heavy atom. The van der Waals surface area contributed by atoms with E-state index in [4.69, 9.17) is 10.5 Å². The fraction of sp³-hybridized carbons (Fsp3) is 0.562. The average molecular weight is 276 g/mol. The molecule has 0 radical (unpaired) electrons. The first-order valence-electron chi connectivity index (χ1n) is 7.32. The van der Waals surface area contributed by atoms with Crippen molar-refractivity contribution in [2.75, 3.05) is 13.1 Å². The average Bonchev–Trinajstić information content (AvgIpc) is 2.39. The number of nitrogens with two attached hydrogens (primary N) is 1. The zero-order valence-electron chi connectivity index (χ0n) is 12.3. The molecule has 0 bridgehead atoms. The monoisotopic (exact) mass is 276 g/mol. The number of hydrogen-bond acceptors (Lipinski definition) is 3. The fourth-order valence-corrected chi connectivity index (χ4v) is 2.62. The van der Waals surface area contributed by atoms with E-state index in [1.54, 1.807) is 0 Å². The van der Waals surface area contributed by atoms with Gasteiger partial charge in [0, 0.05) is 12.5 Å². The van der Waals surface area contributed by atoms with Gasteiger partial charge in [-0.15, -0.1) is 0 Å². The molecule has 110 valence electrons. The summed E-state index contributed by atoms with van der Waals surface area (Å²) in [5, 5.41) is 0. The van der Waals surface area contributed by atoms with E-state index in [9.17, 15) is 4.79 Å². The number of likely N-dealkylation sites (tertiary alicyclic amines) is 1. The second-order valence-electron chi connectivity index (χ2n) is 5.77. The Kier molecular flexibility index (Phi) is 5.01. The molecule has 20 heavy (non-hydrogen) atoms. The highest BCUT2D eigenvalue weighted by molar-refractivity contribution is 5.76. The summed E-state index contributed by atoms with van der Waals surface area (Å²) in [5.41, 5.74) is 6.61. The number of primary amides is 1. The van der Waals surface area contributed by atoms with Crippen molar-refractivity contribution in [2.24, 2.45) is 11.7 Å². The molecule has 1 amide bonds. The summed E-state index contributed by atoms with van der Waals surface area (Å²) >= 11 is 0. The number of carbonyl (C=O) groups is 1. The minimum Gasteiger partial charge on any atom is -0.491 e. The number of benzene rings is 1. The minimum absolute atomic E-state index is 0.0573. The third-order valence-corrected chi connectivity index (χ3v) is 3.67. The van der Waals surface area contributed by atoms with E-state index in [1.165, 1.54) is 5.56 Å². The van der Waals surface area contributed by atoms with Crippen LogP contribution >= 0.6 is 0 Å². The predicted octanol–water partition coefficient (Wildman–Crippen LogP) is 2.17. The lowest BCUT2D eigenvalue weighted by Crippen LogP contribution is -2.38. The Morgan fingerprint density at radius 2 is 2.10 bits per heavy atom. The van der Waals surface area contributed by atoms with Crippen molar-refractivity contribution in [2.45, 2.75) is 39.3 Å². The van der Waals surface area contributed by atoms with Crippen LogP contribution in [0, 0.1) is 5.92 Å². The Bertz CT molecular complexity index is 452. The van der Waals surface area contributed by atoms with Crippen molar-refractivity contribution in [3.05, 3.63) is 29.8 Å². The molecule has 0 atom stereocenters. The number of hydrogen-bond donors (Lipinski definition) is 1. The van der Waals surface area contributed by atoms with Gasteiger partial charge in [0.25, 0.3) is 0 Å². The summed E-state index contributed by atoms with van der Waals surface area (Å²) in [6.07, 6.45) is 1.94. The van der Waals surface area contributed by atoms with Crippen molar-refractivity contribution >= 4 is 5.91 Å². The molecule has 0 saturated carbocycles. The Hall–Kier alpha value is -1.55. The molecule has 4 heteroatoms. The predicted molar refractivity (Wildman–Crippen MR) is 79.4 cm³/mol. The van der Waals surface area contributed by atoms with Crippen LogP contribution in [0.25, 0.3) is 0 Å². The molecule has 1 heterocycles. The van der Waals surface area contributed by atoms with Crippen LogP contribution in [0.3, 0.4) is 0 Å². The van der Waals surface area contributed by atoms with Gasteiger partial charge in [-0.3, -0.25) is 9.69 Å². The molecule has 1 saturated heterocycles. The highest BCUT2D eigenvalue weighted by Gasteiger charge is 2.22. The molecule has 2 N–H and O–H groups in total. The van der Waals surface area contributed by atoms with Crippen LogP contribution in [0.1, 0.15) is 32.3 Å². The van der Waals surface area contributed by atoms with Gasteiger partial charge < -0.3 is 10.5 Å². The number of ether oxygens (including phenoxy) is 1.